The molecule has 5 heteroatoms. The Labute approximate surface area is 131 Å². The second-order valence-electron chi connectivity index (χ2n) is 4.30. The zero-order valence-electron chi connectivity index (χ0n) is 11.1. The average Bonchev–Trinajstić information content (AvgIpc) is 2.38. The van der Waals surface area contributed by atoms with Gasteiger partial charge >= 0.3 is 0 Å². The van der Waals surface area contributed by atoms with Crippen molar-refractivity contribution in [2.24, 2.45) is 0 Å². The summed E-state index contributed by atoms with van der Waals surface area (Å²) in [7, 11) is 1.62. The Morgan fingerprint density at radius 1 is 1.25 bits per heavy atom. The summed E-state index contributed by atoms with van der Waals surface area (Å²) in [5.41, 5.74) is 2.22. The van der Waals surface area contributed by atoms with Crippen molar-refractivity contribution in [2.75, 3.05) is 12.4 Å². The molecular formula is C15H14BrNO2S. The lowest BCUT2D eigenvalue weighted by molar-refractivity contribution is 0.102. The fourth-order valence-electron chi connectivity index (χ4n) is 1.85. The van der Waals surface area contributed by atoms with Gasteiger partial charge in [-0.3, -0.25) is 4.79 Å². The highest BCUT2D eigenvalue weighted by molar-refractivity contribution is 9.10. The summed E-state index contributed by atoms with van der Waals surface area (Å²) < 4.78 is 6.08. The van der Waals surface area contributed by atoms with E-state index in [1.54, 1.807) is 25.3 Å². The SMILES string of the molecule is COc1ccc(NC(=O)c2ccc(Br)cc2S)cc1C. The van der Waals surface area contributed by atoms with E-state index in [0.717, 1.165) is 21.5 Å². The number of thiol groups is 1. The monoisotopic (exact) mass is 351 g/mol. The Kier molecular flexibility index (Phi) is 4.73. The van der Waals surface area contributed by atoms with Crippen molar-refractivity contribution in [1.82, 2.24) is 0 Å². The first-order valence-corrected chi connectivity index (χ1v) is 7.20. The molecular weight excluding hydrogens is 338 g/mol. The summed E-state index contributed by atoms with van der Waals surface area (Å²) in [5, 5.41) is 2.85. The van der Waals surface area contributed by atoms with Gasteiger partial charge in [-0.2, -0.15) is 0 Å². The third kappa shape index (κ3) is 3.35. The predicted molar refractivity (Wildman–Crippen MR) is 87.1 cm³/mol. The normalized spacial score (nSPS) is 10.2. The summed E-state index contributed by atoms with van der Waals surface area (Å²) in [6.07, 6.45) is 0. The number of amides is 1. The Morgan fingerprint density at radius 3 is 2.60 bits per heavy atom. The van der Waals surface area contributed by atoms with Crippen LogP contribution < -0.4 is 10.1 Å². The number of halogens is 1. The van der Waals surface area contributed by atoms with E-state index in [1.165, 1.54) is 0 Å². The Hall–Kier alpha value is -1.46. The maximum atomic E-state index is 12.2. The summed E-state index contributed by atoms with van der Waals surface area (Å²) >= 11 is 7.66. The first-order valence-electron chi connectivity index (χ1n) is 5.96. The second-order valence-corrected chi connectivity index (χ2v) is 5.70. The summed E-state index contributed by atoms with van der Waals surface area (Å²) in [4.78, 5) is 12.8. The van der Waals surface area contributed by atoms with Crippen molar-refractivity contribution >= 4 is 40.2 Å². The minimum absolute atomic E-state index is 0.188. The van der Waals surface area contributed by atoms with Crippen LogP contribution in [-0.4, -0.2) is 13.0 Å². The Balaban J connectivity index is 2.21. The molecule has 104 valence electrons. The van der Waals surface area contributed by atoms with E-state index < -0.39 is 0 Å². The summed E-state index contributed by atoms with van der Waals surface area (Å²) in [6, 6.07) is 10.8. The molecule has 0 unspecified atom stereocenters. The van der Waals surface area contributed by atoms with Gasteiger partial charge in [0.2, 0.25) is 0 Å². The number of benzene rings is 2. The number of ether oxygens (including phenoxy) is 1. The number of carbonyl (C=O) groups is 1. The number of hydrogen-bond donors (Lipinski definition) is 2. The van der Waals surface area contributed by atoms with E-state index in [9.17, 15) is 4.79 Å². The lowest BCUT2D eigenvalue weighted by atomic mass is 10.1. The second kappa shape index (κ2) is 6.33. The van der Waals surface area contributed by atoms with Crippen LogP contribution in [-0.2, 0) is 0 Å². The van der Waals surface area contributed by atoms with Crippen molar-refractivity contribution < 1.29 is 9.53 Å². The van der Waals surface area contributed by atoms with Crippen LogP contribution in [0.15, 0.2) is 45.8 Å². The van der Waals surface area contributed by atoms with Crippen LogP contribution in [0.2, 0.25) is 0 Å². The standard InChI is InChI=1S/C15H14BrNO2S/c1-9-7-11(4-6-13(9)19-2)17-15(18)12-5-3-10(16)8-14(12)20/h3-8,20H,1-2H3,(H,17,18). The highest BCUT2D eigenvalue weighted by Gasteiger charge is 2.10. The number of anilines is 1. The Morgan fingerprint density at radius 2 is 2.00 bits per heavy atom. The molecule has 0 aromatic heterocycles. The highest BCUT2D eigenvalue weighted by Crippen LogP contribution is 2.24. The van der Waals surface area contributed by atoms with Crippen LogP contribution in [0.5, 0.6) is 5.75 Å². The fourth-order valence-corrected chi connectivity index (χ4v) is 2.70. The molecule has 2 rings (SSSR count). The molecule has 0 atom stereocenters. The predicted octanol–water partition coefficient (Wildman–Crippen LogP) is 4.31. The maximum Gasteiger partial charge on any atom is 0.256 e. The molecule has 0 aliphatic rings. The van der Waals surface area contributed by atoms with Crippen LogP contribution >= 0.6 is 28.6 Å². The van der Waals surface area contributed by atoms with E-state index in [1.807, 2.05) is 25.1 Å². The highest BCUT2D eigenvalue weighted by atomic mass is 79.9. The van der Waals surface area contributed by atoms with Crippen molar-refractivity contribution in [3.8, 4) is 5.75 Å². The Bertz CT molecular complexity index is 658. The first kappa shape index (κ1) is 14.9. The number of nitrogens with one attached hydrogen (secondary N) is 1. The molecule has 3 nitrogen and oxygen atoms in total. The van der Waals surface area contributed by atoms with Crippen LogP contribution in [0.25, 0.3) is 0 Å². The van der Waals surface area contributed by atoms with E-state index in [0.29, 0.717) is 10.5 Å². The van der Waals surface area contributed by atoms with Crippen LogP contribution in [0.4, 0.5) is 5.69 Å². The lowest BCUT2D eigenvalue weighted by Gasteiger charge is -2.10. The van der Waals surface area contributed by atoms with Gasteiger partial charge in [-0.05, 0) is 48.9 Å². The number of methoxy groups -OCH3 is 1. The minimum Gasteiger partial charge on any atom is -0.496 e. The third-order valence-corrected chi connectivity index (χ3v) is 3.72. The molecule has 0 heterocycles. The van der Waals surface area contributed by atoms with Crippen molar-refractivity contribution in [3.63, 3.8) is 0 Å². The number of carbonyl (C=O) groups excluding carboxylic acids is 1. The molecule has 0 radical (unpaired) electrons. The molecule has 1 N–H and O–H groups in total. The van der Waals surface area contributed by atoms with E-state index in [2.05, 4.69) is 33.9 Å². The van der Waals surface area contributed by atoms with E-state index >= 15 is 0 Å². The third-order valence-electron chi connectivity index (χ3n) is 2.86. The summed E-state index contributed by atoms with van der Waals surface area (Å²) in [5.74, 6) is 0.605. The topological polar surface area (TPSA) is 38.3 Å². The van der Waals surface area contributed by atoms with Crippen molar-refractivity contribution in [1.29, 1.82) is 0 Å². The summed E-state index contributed by atoms with van der Waals surface area (Å²) in [6.45, 7) is 1.93. The molecule has 0 saturated heterocycles. The maximum absolute atomic E-state index is 12.2. The van der Waals surface area contributed by atoms with E-state index in [4.69, 9.17) is 4.74 Å². The van der Waals surface area contributed by atoms with Gasteiger partial charge in [0.15, 0.2) is 0 Å². The number of rotatable bonds is 3. The van der Waals surface area contributed by atoms with Gasteiger partial charge in [0.1, 0.15) is 5.75 Å². The molecule has 2 aromatic rings. The zero-order chi connectivity index (χ0) is 14.7. The van der Waals surface area contributed by atoms with Crippen LogP contribution in [0.3, 0.4) is 0 Å². The number of hydrogen-bond acceptors (Lipinski definition) is 3. The molecule has 0 bridgehead atoms. The first-order chi connectivity index (χ1) is 9.51. The van der Waals surface area contributed by atoms with Gasteiger partial charge in [-0.15, -0.1) is 12.6 Å². The van der Waals surface area contributed by atoms with Gasteiger partial charge in [0, 0.05) is 15.1 Å². The van der Waals surface area contributed by atoms with E-state index in [-0.39, 0.29) is 5.91 Å². The van der Waals surface area contributed by atoms with Gasteiger partial charge in [-0.25, -0.2) is 0 Å². The molecule has 0 aliphatic carbocycles. The lowest BCUT2D eigenvalue weighted by Crippen LogP contribution is -2.12. The van der Waals surface area contributed by atoms with Gasteiger partial charge in [-0.1, -0.05) is 15.9 Å². The largest absolute Gasteiger partial charge is 0.496 e. The van der Waals surface area contributed by atoms with Crippen molar-refractivity contribution in [2.45, 2.75) is 11.8 Å². The van der Waals surface area contributed by atoms with Crippen LogP contribution in [0, 0.1) is 6.92 Å². The average molecular weight is 352 g/mol. The minimum atomic E-state index is -0.188. The smallest absolute Gasteiger partial charge is 0.256 e. The zero-order valence-corrected chi connectivity index (χ0v) is 13.6. The molecule has 1 amide bonds. The molecule has 0 saturated carbocycles. The molecule has 2 aromatic carbocycles. The van der Waals surface area contributed by atoms with Gasteiger partial charge in [0.25, 0.3) is 5.91 Å². The molecule has 20 heavy (non-hydrogen) atoms. The number of aryl methyl sites for hydroxylation is 1. The van der Waals surface area contributed by atoms with Crippen molar-refractivity contribution in [3.05, 3.63) is 52.0 Å². The molecule has 0 spiro atoms. The van der Waals surface area contributed by atoms with Gasteiger partial charge < -0.3 is 10.1 Å². The van der Waals surface area contributed by atoms with Crippen LogP contribution in [0.1, 0.15) is 15.9 Å². The quantitative estimate of drug-likeness (QED) is 0.808. The molecule has 0 fully saturated rings. The molecule has 0 aliphatic heterocycles. The van der Waals surface area contributed by atoms with Gasteiger partial charge in [0.05, 0.1) is 12.7 Å². The fraction of sp³-hybridized carbons (Fsp3) is 0.133.